The number of carbonyl (C=O) groups excluding carboxylic acids is 1. The third kappa shape index (κ3) is 3.33. The molecule has 3 aromatic rings. The number of nitrogens with zero attached hydrogens (tertiary/aromatic N) is 2. The van der Waals surface area contributed by atoms with Crippen molar-refractivity contribution in [3.8, 4) is 0 Å². The summed E-state index contributed by atoms with van der Waals surface area (Å²) in [6.07, 6.45) is 1.31. The first-order valence-electron chi connectivity index (χ1n) is 10.3. The second-order valence-corrected chi connectivity index (χ2v) is 10.5. The molecule has 0 aliphatic carbocycles. The molecule has 0 fully saturated rings. The van der Waals surface area contributed by atoms with Gasteiger partial charge in [-0.1, -0.05) is 42.0 Å². The van der Waals surface area contributed by atoms with E-state index in [-0.39, 0.29) is 10.6 Å². The van der Waals surface area contributed by atoms with E-state index in [9.17, 15) is 23.3 Å². The number of anilines is 1. The van der Waals surface area contributed by atoms with Crippen molar-refractivity contribution in [2.24, 2.45) is 0 Å². The van der Waals surface area contributed by atoms with Gasteiger partial charge in [-0.2, -0.15) is 11.3 Å². The van der Waals surface area contributed by atoms with Gasteiger partial charge in [0, 0.05) is 4.92 Å². The molecule has 0 amide bonds. The first-order valence-corrected chi connectivity index (χ1v) is 12.7. The molecule has 1 aliphatic heterocycles. The average molecular weight is 499 g/mol. The molecule has 1 aliphatic rings. The van der Waals surface area contributed by atoms with Crippen molar-refractivity contribution >= 4 is 33.0 Å². The zero-order valence-corrected chi connectivity index (χ0v) is 20.1. The monoisotopic (exact) mass is 498 g/mol. The van der Waals surface area contributed by atoms with Crippen molar-refractivity contribution in [1.29, 1.82) is 0 Å². The second kappa shape index (κ2) is 8.69. The summed E-state index contributed by atoms with van der Waals surface area (Å²) in [4.78, 5) is 25.4. The maximum absolute atomic E-state index is 14.1. The number of esters is 1. The number of hydrogen-bond acceptors (Lipinski definition) is 7. The Kier molecular flexibility index (Phi) is 6.05. The Morgan fingerprint density at radius 3 is 2.44 bits per heavy atom. The van der Waals surface area contributed by atoms with Gasteiger partial charge in [0.05, 0.1) is 23.6 Å². The Balaban J connectivity index is 2.16. The Bertz CT molecular complexity index is 1350. The molecule has 0 radical (unpaired) electrons. The molecule has 0 saturated heterocycles. The number of rotatable bonds is 6. The van der Waals surface area contributed by atoms with E-state index in [4.69, 9.17) is 4.74 Å². The minimum Gasteiger partial charge on any atom is -0.464 e. The summed E-state index contributed by atoms with van der Waals surface area (Å²) in [6.45, 7) is 5.59. The van der Waals surface area contributed by atoms with Gasteiger partial charge in [-0.05, 0) is 53.1 Å². The highest BCUT2D eigenvalue weighted by molar-refractivity contribution is 7.92. The Morgan fingerprint density at radius 1 is 1.21 bits per heavy atom. The molecule has 0 bridgehead atoms. The lowest BCUT2D eigenvalue weighted by molar-refractivity contribution is -0.563. The van der Waals surface area contributed by atoms with E-state index >= 15 is 0 Å². The Morgan fingerprint density at radius 2 is 1.88 bits per heavy atom. The molecule has 10 heteroatoms. The summed E-state index contributed by atoms with van der Waals surface area (Å²) in [5.41, 5.74) is -0.811. The number of carbonyl (C=O) groups is 1. The molecule has 4 rings (SSSR count). The first-order chi connectivity index (χ1) is 16.2. The predicted octanol–water partition coefficient (Wildman–Crippen LogP) is 4.46. The van der Waals surface area contributed by atoms with Gasteiger partial charge < -0.3 is 4.74 Å². The smallest absolute Gasteiger partial charge is 0.388 e. The van der Waals surface area contributed by atoms with E-state index in [2.05, 4.69) is 6.58 Å². The summed E-state index contributed by atoms with van der Waals surface area (Å²) in [7, 11) is -3.30. The van der Waals surface area contributed by atoms with Gasteiger partial charge in [0.2, 0.25) is 0 Å². The highest BCUT2D eigenvalue weighted by Crippen LogP contribution is 2.55. The topological polar surface area (TPSA) is 107 Å². The lowest BCUT2D eigenvalue weighted by atomic mass is 9.69. The van der Waals surface area contributed by atoms with E-state index in [1.165, 1.54) is 29.5 Å². The zero-order chi connectivity index (χ0) is 24.7. The number of sulfonamides is 1. The lowest BCUT2D eigenvalue weighted by Crippen LogP contribution is -2.63. The summed E-state index contributed by atoms with van der Waals surface area (Å²) in [5.74, 6) is -2.31. The quantitative estimate of drug-likeness (QED) is 0.215. The molecule has 1 aromatic heterocycles. The maximum atomic E-state index is 14.1. The number of nitro groups is 1. The summed E-state index contributed by atoms with van der Waals surface area (Å²) in [6, 6.07) is 12.7. The average Bonchev–Trinajstić information content (AvgIpc) is 3.36. The maximum Gasteiger partial charge on any atom is 0.388 e. The number of benzene rings is 2. The van der Waals surface area contributed by atoms with Crippen LogP contribution >= 0.6 is 11.3 Å². The van der Waals surface area contributed by atoms with E-state index < -0.39 is 38.4 Å². The van der Waals surface area contributed by atoms with Crippen LogP contribution in [0.3, 0.4) is 0 Å². The zero-order valence-electron chi connectivity index (χ0n) is 18.5. The van der Waals surface area contributed by atoms with Gasteiger partial charge in [-0.15, -0.1) is 6.58 Å². The van der Waals surface area contributed by atoms with Crippen LogP contribution in [0.1, 0.15) is 28.7 Å². The van der Waals surface area contributed by atoms with Crippen molar-refractivity contribution < 1.29 is 22.9 Å². The highest BCUT2D eigenvalue weighted by atomic mass is 32.2. The molecular weight excluding hydrogens is 476 g/mol. The second-order valence-electron chi connectivity index (χ2n) is 7.92. The van der Waals surface area contributed by atoms with Crippen molar-refractivity contribution in [1.82, 2.24) is 0 Å². The van der Waals surface area contributed by atoms with Crippen LogP contribution in [0.25, 0.3) is 0 Å². The third-order valence-electron chi connectivity index (χ3n) is 6.12. The largest absolute Gasteiger partial charge is 0.464 e. The molecule has 0 spiro atoms. The SMILES string of the molecule is C=C[C@@H]1c2ccccc2N(S(=O)(=O)c2ccc(C)cc2)[C@H](c2ccsc2)[C@@]1(C(=O)OC)[N+](=O)[O-]. The van der Waals surface area contributed by atoms with Crippen LogP contribution in [-0.2, 0) is 19.6 Å². The van der Waals surface area contributed by atoms with Crippen LogP contribution in [0.2, 0.25) is 0 Å². The van der Waals surface area contributed by atoms with Crippen molar-refractivity contribution in [2.75, 3.05) is 11.4 Å². The Labute approximate surface area is 201 Å². The van der Waals surface area contributed by atoms with Gasteiger partial charge >= 0.3 is 11.5 Å². The number of fused-ring (bicyclic) bond motifs is 1. The third-order valence-corrected chi connectivity index (χ3v) is 8.62. The van der Waals surface area contributed by atoms with E-state index in [1.54, 1.807) is 53.2 Å². The molecule has 2 heterocycles. The van der Waals surface area contributed by atoms with Crippen LogP contribution < -0.4 is 4.31 Å². The molecule has 8 nitrogen and oxygen atoms in total. The first kappa shape index (κ1) is 23.7. The summed E-state index contributed by atoms with van der Waals surface area (Å²) >= 11 is 1.24. The molecule has 2 aromatic carbocycles. The fourth-order valence-corrected chi connectivity index (χ4v) is 6.96. The molecule has 0 unspecified atom stereocenters. The van der Waals surface area contributed by atoms with Crippen LogP contribution in [0.15, 0.2) is 82.9 Å². The van der Waals surface area contributed by atoms with Gasteiger partial charge in [-0.3, -0.25) is 14.4 Å². The van der Waals surface area contributed by atoms with Crippen molar-refractivity contribution in [3.63, 3.8) is 0 Å². The van der Waals surface area contributed by atoms with Gasteiger partial charge in [0.1, 0.15) is 0 Å². The molecule has 34 heavy (non-hydrogen) atoms. The minimum atomic E-state index is -4.35. The van der Waals surface area contributed by atoms with E-state index in [0.717, 1.165) is 17.0 Å². The highest BCUT2D eigenvalue weighted by Gasteiger charge is 2.70. The van der Waals surface area contributed by atoms with Crippen molar-refractivity contribution in [2.45, 2.75) is 29.3 Å². The summed E-state index contributed by atoms with van der Waals surface area (Å²) in [5, 5.41) is 16.1. The molecule has 0 N–H and O–H groups in total. The predicted molar refractivity (Wildman–Crippen MR) is 129 cm³/mol. The Hall–Kier alpha value is -3.50. The number of methoxy groups -OCH3 is 1. The van der Waals surface area contributed by atoms with Crippen LogP contribution in [0, 0.1) is 17.0 Å². The number of para-hydroxylation sites is 1. The minimum absolute atomic E-state index is 0.0488. The lowest BCUT2D eigenvalue weighted by Gasteiger charge is -2.46. The number of thiophene rings is 1. The van der Waals surface area contributed by atoms with Gasteiger partial charge in [0.25, 0.3) is 10.0 Å². The van der Waals surface area contributed by atoms with Crippen LogP contribution in [-0.4, -0.2) is 32.0 Å². The number of ether oxygens (including phenoxy) is 1. The normalized spacial score (nSPS) is 22.0. The number of aryl methyl sites for hydroxylation is 1. The standard InChI is InChI=1S/C24H22N2O6S2/c1-4-20-19-7-5-6-8-21(19)25(34(30,31)18-11-9-16(2)10-12-18)22(17-13-14-33-15-17)24(20,26(28)29)23(27)32-3/h4-15,20,22H,1H2,2-3H3/t20-,22-,24+/m1/s1. The fourth-order valence-electron chi connectivity index (χ4n) is 4.59. The molecule has 0 saturated carbocycles. The van der Waals surface area contributed by atoms with E-state index in [0.29, 0.717) is 11.1 Å². The molecule has 176 valence electrons. The molecule has 3 atom stereocenters. The van der Waals surface area contributed by atoms with Crippen LogP contribution in [0.5, 0.6) is 0 Å². The van der Waals surface area contributed by atoms with Crippen molar-refractivity contribution in [3.05, 3.63) is 105 Å². The van der Waals surface area contributed by atoms with Crippen LogP contribution in [0.4, 0.5) is 5.69 Å². The molecular formula is C24H22N2O6S2. The van der Waals surface area contributed by atoms with E-state index in [1.807, 2.05) is 6.92 Å². The van der Waals surface area contributed by atoms with Gasteiger partial charge in [0.15, 0.2) is 6.04 Å². The van der Waals surface area contributed by atoms with Gasteiger partial charge in [-0.25, -0.2) is 13.2 Å². The number of hydrogen-bond donors (Lipinski definition) is 0. The summed E-state index contributed by atoms with van der Waals surface area (Å²) < 4.78 is 34.2. The fraction of sp³-hybridized carbons (Fsp3) is 0.208.